The molecule has 4 rings (SSSR count). The first-order valence-electron chi connectivity index (χ1n) is 8.40. The van der Waals surface area contributed by atoms with Gasteiger partial charge in [0.2, 0.25) is 0 Å². The van der Waals surface area contributed by atoms with Gasteiger partial charge >= 0.3 is 0 Å². The lowest BCUT2D eigenvalue weighted by atomic mass is 10.0. The largest absolute Gasteiger partial charge is 0.310 e. The van der Waals surface area contributed by atoms with Gasteiger partial charge in [-0.2, -0.15) is 0 Å². The third kappa shape index (κ3) is 2.91. The van der Waals surface area contributed by atoms with E-state index in [4.69, 9.17) is 0 Å². The fourth-order valence-electron chi connectivity index (χ4n) is 4.03. The molecule has 1 aromatic carbocycles. The van der Waals surface area contributed by atoms with Crippen LogP contribution in [0.2, 0.25) is 0 Å². The predicted octanol–water partition coefficient (Wildman–Crippen LogP) is 3.17. The smallest absolute Gasteiger partial charge is 0.0233 e. The molecule has 2 nitrogen and oxygen atoms in total. The third-order valence-electron chi connectivity index (χ3n) is 5.40. The van der Waals surface area contributed by atoms with E-state index in [1.165, 1.54) is 56.3 Å². The van der Waals surface area contributed by atoms with E-state index in [-0.39, 0.29) is 0 Å². The Morgan fingerprint density at radius 2 is 1.55 bits per heavy atom. The van der Waals surface area contributed by atoms with Gasteiger partial charge in [0, 0.05) is 32.2 Å². The monoisotopic (exact) mass is 270 g/mol. The van der Waals surface area contributed by atoms with Crippen molar-refractivity contribution in [2.75, 3.05) is 13.1 Å². The minimum absolute atomic E-state index is 0.804. The minimum atomic E-state index is 0.804. The molecule has 0 aromatic heterocycles. The van der Waals surface area contributed by atoms with Crippen LogP contribution in [0.1, 0.15) is 43.2 Å². The molecule has 1 saturated heterocycles. The fourth-order valence-corrected chi connectivity index (χ4v) is 4.03. The molecular weight excluding hydrogens is 244 g/mol. The van der Waals surface area contributed by atoms with Crippen LogP contribution in [-0.2, 0) is 13.1 Å². The number of fused-ring (bicyclic) bond motifs is 1. The zero-order chi connectivity index (χ0) is 13.4. The molecule has 3 fully saturated rings. The van der Waals surface area contributed by atoms with E-state index < -0.39 is 0 Å². The Labute approximate surface area is 122 Å². The van der Waals surface area contributed by atoms with Crippen LogP contribution < -0.4 is 5.32 Å². The molecule has 2 heteroatoms. The third-order valence-corrected chi connectivity index (χ3v) is 5.40. The summed E-state index contributed by atoms with van der Waals surface area (Å²) in [4.78, 5) is 2.67. The van der Waals surface area contributed by atoms with Gasteiger partial charge in [0.15, 0.2) is 0 Å². The molecule has 20 heavy (non-hydrogen) atoms. The molecule has 2 aliphatic carbocycles. The van der Waals surface area contributed by atoms with Crippen molar-refractivity contribution >= 4 is 0 Å². The molecule has 1 aromatic rings. The number of hydrogen-bond acceptors (Lipinski definition) is 2. The number of rotatable bonds is 5. The Morgan fingerprint density at radius 1 is 0.900 bits per heavy atom. The van der Waals surface area contributed by atoms with Gasteiger partial charge in [-0.25, -0.2) is 0 Å². The molecule has 1 aliphatic heterocycles. The number of likely N-dealkylation sites (tertiary alicyclic amines) is 1. The maximum Gasteiger partial charge on any atom is 0.0233 e. The topological polar surface area (TPSA) is 15.3 Å². The summed E-state index contributed by atoms with van der Waals surface area (Å²) in [5.74, 6) is 2.02. The molecule has 1 heterocycles. The number of nitrogens with one attached hydrogen (secondary N) is 1. The maximum absolute atomic E-state index is 3.58. The first-order chi connectivity index (χ1) is 9.87. The molecule has 2 saturated carbocycles. The highest BCUT2D eigenvalue weighted by molar-refractivity contribution is 5.22. The van der Waals surface area contributed by atoms with E-state index in [0.29, 0.717) is 0 Å². The van der Waals surface area contributed by atoms with Crippen molar-refractivity contribution in [2.45, 2.75) is 51.2 Å². The molecule has 0 amide bonds. The zero-order valence-corrected chi connectivity index (χ0v) is 12.4. The van der Waals surface area contributed by atoms with Gasteiger partial charge in [-0.3, -0.25) is 4.90 Å². The van der Waals surface area contributed by atoms with Crippen molar-refractivity contribution in [2.24, 2.45) is 11.8 Å². The highest BCUT2D eigenvalue weighted by Gasteiger charge is 2.35. The lowest BCUT2D eigenvalue weighted by Crippen LogP contribution is -2.21. The van der Waals surface area contributed by atoms with Crippen molar-refractivity contribution < 1.29 is 0 Å². The zero-order valence-electron chi connectivity index (χ0n) is 12.4. The van der Waals surface area contributed by atoms with Crippen molar-refractivity contribution in [3.8, 4) is 0 Å². The van der Waals surface area contributed by atoms with Gasteiger partial charge in [0.1, 0.15) is 0 Å². The summed E-state index contributed by atoms with van der Waals surface area (Å²) in [5.41, 5.74) is 2.92. The van der Waals surface area contributed by atoms with Crippen LogP contribution in [0.25, 0.3) is 0 Å². The van der Waals surface area contributed by atoms with Crippen molar-refractivity contribution in [1.82, 2.24) is 10.2 Å². The van der Waals surface area contributed by atoms with Crippen LogP contribution in [0.3, 0.4) is 0 Å². The summed E-state index contributed by atoms with van der Waals surface area (Å²) in [6, 6.07) is 10.1. The first kappa shape index (κ1) is 12.8. The van der Waals surface area contributed by atoms with Crippen LogP contribution in [0.4, 0.5) is 0 Å². The van der Waals surface area contributed by atoms with E-state index in [2.05, 4.69) is 34.5 Å². The average molecular weight is 270 g/mol. The van der Waals surface area contributed by atoms with Gasteiger partial charge in [0.05, 0.1) is 0 Å². The van der Waals surface area contributed by atoms with Gasteiger partial charge in [-0.1, -0.05) is 30.7 Å². The lowest BCUT2D eigenvalue weighted by Gasteiger charge is -2.17. The van der Waals surface area contributed by atoms with Crippen LogP contribution >= 0.6 is 0 Å². The summed E-state index contributed by atoms with van der Waals surface area (Å²) < 4.78 is 0. The second-order valence-electron chi connectivity index (χ2n) is 7.12. The number of nitrogens with zero attached hydrogens (tertiary/aromatic N) is 1. The van der Waals surface area contributed by atoms with E-state index >= 15 is 0 Å². The van der Waals surface area contributed by atoms with Gasteiger partial charge < -0.3 is 5.32 Å². The Hall–Kier alpha value is -0.860. The molecule has 2 atom stereocenters. The summed E-state index contributed by atoms with van der Waals surface area (Å²) in [6.45, 7) is 4.88. The molecule has 0 bridgehead atoms. The summed E-state index contributed by atoms with van der Waals surface area (Å²) in [6.07, 6.45) is 7.18. The summed E-state index contributed by atoms with van der Waals surface area (Å²) in [7, 11) is 0. The Bertz CT molecular complexity index is 437. The molecule has 0 spiro atoms. The molecule has 2 unspecified atom stereocenters. The van der Waals surface area contributed by atoms with E-state index in [1.807, 2.05) is 0 Å². The molecule has 0 radical (unpaired) electrons. The molecule has 108 valence electrons. The lowest BCUT2D eigenvalue weighted by molar-refractivity contribution is 0.303. The number of hydrogen-bond donors (Lipinski definition) is 1. The quantitative estimate of drug-likeness (QED) is 0.884. The SMILES string of the molecule is c1cc(CN2CC3CCCC3C2)ccc1CNC1CC1. The van der Waals surface area contributed by atoms with Crippen LogP contribution in [0.5, 0.6) is 0 Å². The van der Waals surface area contributed by atoms with Gasteiger partial charge in [0.25, 0.3) is 0 Å². The van der Waals surface area contributed by atoms with Crippen LogP contribution in [-0.4, -0.2) is 24.0 Å². The van der Waals surface area contributed by atoms with Crippen LogP contribution in [0, 0.1) is 11.8 Å². The van der Waals surface area contributed by atoms with Crippen molar-refractivity contribution in [3.63, 3.8) is 0 Å². The van der Waals surface area contributed by atoms with Crippen LogP contribution in [0.15, 0.2) is 24.3 Å². The van der Waals surface area contributed by atoms with Crippen molar-refractivity contribution in [1.29, 1.82) is 0 Å². The minimum Gasteiger partial charge on any atom is -0.310 e. The first-order valence-corrected chi connectivity index (χ1v) is 8.40. The highest BCUT2D eigenvalue weighted by atomic mass is 15.2. The second-order valence-corrected chi connectivity index (χ2v) is 7.12. The highest BCUT2D eigenvalue weighted by Crippen LogP contribution is 2.38. The normalized spacial score (nSPS) is 29.8. The Morgan fingerprint density at radius 3 is 2.20 bits per heavy atom. The Kier molecular flexibility index (Phi) is 3.53. The molecule has 3 aliphatic rings. The predicted molar refractivity (Wildman–Crippen MR) is 82.4 cm³/mol. The van der Waals surface area contributed by atoms with E-state index in [9.17, 15) is 0 Å². The van der Waals surface area contributed by atoms with E-state index in [1.54, 1.807) is 0 Å². The maximum atomic E-state index is 3.58. The van der Waals surface area contributed by atoms with Crippen molar-refractivity contribution in [3.05, 3.63) is 35.4 Å². The second kappa shape index (κ2) is 5.50. The average Bonchev–Trinajstić information content (AvgIpc) is 3.06. The number of benzene rings is 1. The van der Waals surface area contributed by atoms with E-state index in [0.717, 1.165) is 31.0 Å². The summed E-state index contributed by atoms with van der Waals surface area (Å²) >= 11 is 0. The molecular formula is C18H26N2. The van der Waals surface area contributed by atoms with Gasteiger partial charge in [-0.15, -0.1) is 0 Å². The van der Waals surface area contributed by atoms with Gasteiger partial charge in [-0.05, 0) is 48.6 Å². The standard InChI is InChI=1S/C18H26N2/c1-2-16-12-20(13-17(16)3-1)11-15-6-4-14(5-7-15)10-19-18-8-9-18/h4-7,16-19H,1-3,8-13H2. The molecule has 1 N–H and O–H groups in total. The fraction of sp³-hybridized carbons (Fsp3) is 0.667. The Balaban J connectivity index is 1.30. The summed E-state index contributed by atoms with van der Waals surface area (Å²) in [5, 5.41) is 3.58.